The number of aliphatic hydroxyl groups excluding tert-OH is 1. The van der Waals surface area contributed by atoms with Crippen LogP contribution in [0.25, 0.3) is 0 Å². The third-order valence-electron chi connectivity index (χ3n) is 2.56. The minimum absolute atomic E-state index is 0.0244. The number of nitrogens with zero attached hydrogens (tertiary/aromatic N) is 1. The molecule has 4 nitrogen and oxygen atoms in total. The maximum atomic E-state index is 11.7. The molecule has 0 saturated carbocycles. The summed E-state index contributed by atoms with van der Waals surface area (Å²) in [5.74, 6) is 0.254. The van der Waals surface area contributed by atoms with E-state index in [-0.39, 0.29) is 24.0 Å². The van der Waals surface area contributed by atoms with E-state index in [1.807, 2.05) is 4.90 Å². The topological polar surface area (TPSA) is 57.6 Å². The molecular weight excluding hydrogens is 214 g/mol. The molecule has 1 saturated heterocycles. The Labute approximate surface area is 93.1 Å². The lowest BCUT2D eigenvalue weighted by molar-refractivity contribution is -0.128. The maximum absolute atomic E-state index is 11.7. The molecule has 1 aliphatic heterocycles. The van der Waals surface area contributed by atoms with Gasteiger partial charge in [-0.15, -0.1) is 0 Å². The molecule has 0 aromatic carbocycles. The SMILES string of the molecule is O=C(CS(=O)CCO)N1CCCCCC1. The van der Waals surface area contributed by atoms with Crippen LogP contribution in [0.5, 0.6) is 0 Å². The average Bonchev–Trinajstić information content (AvgIpc) is 2.45. The summed E-state index contributed by atoms with van der Waals surface area (Å²) in [6.07, 6.45) is 4.48. The van der Waals surface area contributed by atoms with Gasteiger partial charge >= 0.3 is 0 Å². The molecule has 1 amide bonds. The van der Waals surface area contributed by atoms with Crippen LogP contribution in [-0.4, -0.2) is 51.3 Å². The zero-order chi connectivity index (χ0) is 11.1. The van der Waals surface area contributed by atoms with Crippen LogP contribution in [0, 0.1) is 0 Å². The van der Waals surface area contributed by atoms with Crippen LogP contribution in [0.2, 0.25) is 0 Å². The fourth-order valence-corrected chi connectivity index (χ4v) is 2.53. The molecule has 88 valence electrons. The van der Waals surface area contributed by atoms with Crippen LogP contribution in [0.1, 0.15) is 25.7 Å². The monoisotopic (exact) mass is 233 g/mol. The molecule has 0 aromatic heterocycles. The van der Waals surface area contributed by atoms with E-state index >= 15 is 0 Å². The zero-order valence-corrected chi connectivity index (χ0v) is 9.80. The smallest absolute Gasteiger partial charge is 0.235 e. The van der Waals surface area contributed by atoms with Gasteiger partial charge in [0.15, 0.2) is 0 Å². The van der Waals surface area contributed by atoms with Crippen molar-refractivity contribution in [2.75, 3.05) is 31.2 Å². The van der Waals surface area contributed by atoms with E-state index in [0.717, 1.165) is 25.9 Å². The van der Waals surface area contributed by atoms with Gasteiger partial charge in [-0.05, 0) is 12.8 Å². The number of hydrogen-bond donors (Lipinski definition) is 1. The van der Waals surface area contributed by atoms with Crippen molar-refractivity contribution in [1.29, 1.82) is 0 Å². The highest BCUT2D eigenvalue weighted by molar-refractivity contribution is 7.85. The molecule has 15 heavy (non-hydrogen) atoms. The Kier molecular flexibility index (Phi) is 5.86. The lowest BCUT2D eigenvalue weighted by Crippen LogP contribution is -2.35. The first-order valence-corrected chi connectivity index (χ1v) is 6.96. The van der Waals surface area contributed by atoms with Gasteiger partial charge in [-0.1, -0.05) is 12.8 Å². The fraction of sp³-hybridized carbons (Fsp3) is 0.900. The molecule has 5 heteroatoms. The highest BCUT2D eigenvalue weighted by Gasteiger charge is 2.17. The molecule has 0 bridgehead atoms. The van der Waals surface area contributed by atoms with E-state index in [1.165, 1.54) is 12.8 Å². The fourth-order valence-electron chi connectivity index (χ4n) is 1.72. The van der Waals surface area contributed by atoms with Gasteiger partial charge in [0.1, 0.15) is 5.75 Å². The Hall–Kier alpha value is -0.420. The van der Waals surface area contributed by atoms with Crippen molar-refractivity contribution in [2.24, 2.45) is 0 Å². The summed E-state index contributed by atoms with van der Waals surface area (Å²) in [6, 6.07) is 0. The predicted molar refractivity (Wildman–Crippen MR) is 60.0 cm³/mol. The number of likely N-dealkylation sites (tertiary alicyclic amines) is 1. The number of hydrogen-bond acceptors (Lipinski definition) is 3. The quantitative estimate of drug-likeness (QED) is 0.751. The Morgan fingerprint density at radius 2 is 1.80 bits per heavy atom. The van der Waals surface area contributed by atoms with Gasteiger partial charge in [0.05, 0.1) is 6.61 Å². The molecule has 1 atom stereocenters. The molecule has 1 rings (SSSR count). The molecule has 1 aliphatic rings. The molecule has 1 fully saturated rings. The molecule has 1 unspecified atom stereocenters. The number of carbonyl (C=O) groups excluding carboxylic acids is 1. The number of aliphatic hydroxyl groups is 1. The van der Waals surface area contributed by atoms with Gasteiger partial charge in [0, 0.05) is 29.6 Å². The molecule has 0 spiro atoms. The molecule has 1 heterocycles. The van der Waals surface area contributed by atoms with Crippen molar-refractivity contribution < 1.29 is 14.1 Å². The lowest BCUT2D eigenvalue weighted by atomic mass is 10.2. The maximum Gasteiger partial charge on any atom is 0.235 e. The predicted octanol–water partition coefficient (Wildman–Crippen LogP) is 0.130. The first-order chi connectivity index (χ1) is 7.24. The van der Waals surface area contributed by atoms with Crippen molar-refractivity contribution in [3.63, 3.8) is 0 Å². The minimum Gasteiger partial charge on any atom is -0.395 e. The van der Waals surface area contributed by atoms with Crippen LogP contribution in [-0.2, 0) is 15.6 Å². The lowest BCUT2D eigenvalue weighted by Gasteiger charge is -2.19. The summed E-state index contributed by atoms with van der Waals surface area (Å²) in [6.45, 7) is 1.49. The van der Waals surface area contributed by atoms with E-state index < -0.39 is 10.8 Å². The van der Waals surface area contributed by atoms with Crippen molar-refractivity contribution in [2.45, 2.75) is 25.7 Å². The second-order valence-corrected chi connectivity index (χ2v) is 5.38. The summed E-state index contributed by atoms with van der Waals surface area (Å²) < 4.78 is 11.3. The Morgan fingerprint density at radius 3 is 2.33 bits per heavy atom. The number of carbonyl (C=O) groups is 1. The van der Waals surface area contributed by atoms with E-state index in [1.54, 1.807) is 0 Å². The van der Waals surface area contributed by atoms with Crippen LogP contribution >= 0.6 is 0 Å². The minimum atomic E-state index is -1.20. The summed E-state index contributed by atoms with van der Waals surface area (Å²) in [5, 5.41) is 8.59. The zero-order valence-electron chi connectivity index (χ0n) is 8.98. The van der Waals surface area contributed by atoms with Crippen molar-refractivity contribution in [3.05, 3.63) is 0 Å². The van der Waals surface area contributed by atoms with E-state index in [0.29, 0.717) is 0 Å². The van der Waals surface area contributed by atoms with Crippen LogP contribution < -0.4 is 0 Å². The average molecular weight is 233 g/mol. The second kappa shape index (κ2) is 6.95. The third-order valence-corrected chi connectivity index (χ3v) is 3.77. The van der Waals surface area contributed by atoms with Crippen LogP contribution in [0.15, 0.2) is 0 Å². The molecule has 0 radical (unpaired) electrons. The highest BCUT2D eigenvalue weighted by atomic mass is 32.2. The summed E-state index contributed by atoms with van der Waals surface area (Å²) in [4.78, 5) is 13.5. The van der Waals surface area contributed by atoms with Gasteiger partial charge < -0.3 is 10.0 Å². The molecule has 0 aliphatic carbocycles. The largest absolute Gasteiger partial charge is 0.395 e. The van der Waals surface area contributed by atoms with Gasteiger partial charge in [-0.2, -0.15) is 0 Å². The first-order valence-electron chi connectivity index (χ1n) is 5.47. The van der Waals surface area contributed by atoms with Crippen LogP contribution in [0.3, 0.4) is 0 Å². The summed E-state index contributed by atoms with van der Waals surface area (Å²) in [5.41, 5.74) is 0. The van der Waals surface area contributed by atoms with Crippen molar-refractivity contribution >= 4 is 16.7 Å². The van der Waals surface area contributed by atoms with E-state index in [9.17, 15) is 9.00 Å². The second-order valence-electron chi connectivity index (χ2n) is 3.81. The molecular formula is C10H19NO3S. The standard InChI is InChI=1S/C10H19NO3S/c12-7-8-15(14)9-10(13)11-5-3-1-2-4-6-11/h12H,1-9H2. The van der Waals surface area contributed by atoms with Gasteiger partial charge in [0.2, 0.25) is 5.91 Å². The number of amides is 1. The highest BCUT2D eigenvalue weighted by Crippen LogP contribution is 2.09. The Morgan fingerprint density at radius 1 is 1.20 bits per heavy atom. The first kappa shape index (κ1) is 12.6. The van der Waals surface area contributed by atoms with Crippen molar-refractivity contribution in [3.8, 4) is 0 Å². The van der Waals surface area contributed by atoms with Gasteiger partial charge in [-0.25, -0.2) is 0 Å². The van der Waals surface area contributed by atoms with Crippen LogP contribution in [0.4, 0.5) is 0 Å². The number of rotatable bonds is 4. The van der Waals surface area contributed by atoms with Crippen molar-refractivity contribution in [1.82, 2.24) is 4.90 Å². The van der Waals surface area contributed by atoms with Gasteiger partial charge in [-0.3, -0.25) is 9.00 Å². The molecule has 1 N–H and O–H groups in total. The Balaban J connectivity index is 2.34. The van der Waals surface area contributed by atoms with E-state index in [4.69, 9.17) is 5.11 Å². The van der Waals surface area contributed by atoms with E-state index in [2.05, 4.69) is 0 Å². The normalized spacial score (nSPS) is 19.7. The summed E-state index contributed by atoms with van der Waals surface area (Å²) in [7, 11) is -1.20. The third kappa shape index (κ3) is 4.75. The van der Waals surface area contributed by atoms with Gasteiger partial charge in [0.25, 0.3) is 0 Å². The Bertz CT molecular complexity index is 225. The molecule has 0 aromatic rings. The summed E-state index contributed by atoms with van der Waals surface area (Å²) >= 11 is 0.